The quantitative estimate of drug-likeness (QED) is 0.0323. The highest BCUT2D eigenvalue weighted by Crippen LogP contribution is 2.15. The number of ether oxygens (including phenoxy) is 1. The molecule has 0 aliphatic carbocycles. The van der Waals surface area contributed by atoms with Gasteiger partial charge in [0.05, 0.1) is 25.4 Å². The summed E-state index contributed by atoms with van der Waals surface area (Å²) in [5.74, 6) is -0.179. The van der Waals surface area contributed by atoms with Crippen molar-refractivity contribution in [1.29, 1.82) is 0 Å². The van der Waals surface area contributed by atoms with Gasteiger partial charge in [-0.15, -0.1) is 0 Å². The first-order valence-corrected chi connectivity index (χ1v) is 25.4. The van der Waals surface area contributed by atoms with Gasteiger partial charge in [0.15, 0.2) is 0 Å². The second-order valence-corrected chi connectivity index (χ2v) is 17.1. The first kappa shape index (κ1) is 56.8. The van der Waals surface area contributed by atoms with Crippen molar-refractivity contribution in [2.75, 3.05) is 13.2 Å². The maximum atomic E-state index is 12.4. The zero-order valence-corrected chi connectivity index (χ0v) is 39.0. The number of carbonyl (C=O) groups excluding carboxylic acids is 2. The molecule has 0 aromatic rings. The molecule has 6 nitrogen and oxygen atoms in total. The molecule has 344 valence electrons. The molecule has 0 saturated heterocycles. The maximum Gasteiger partial charge on any atom is 0.305 e. The van der Waals surface area contributed by atoms with Crippen molar-refractivity contribution >= 4 is 11.9 Å². The van der Waals surface area contributed by atoms with E-state index in [0.717, 1.165) is 51.4 Å². The van der Waals surface area contributed by atoms with Crippen LogP contribution in [0.15, 0.2) is 48.6 Å². The standard InChI is InChI=1S/C53H97NO5/c1-3-5-7-9-11-13-15-17-18-19-20-22-25-29-33-37-41-45-51(56)50(49-55)54-52(57)46-42-38-34-30-26-23-21-24-28-32-36-40-44-48-59-53(58)47-43-39-35-31-27-16-14-12-10-8-6-4-2/h12,14,23,26,34,38,41,45,50-51,55-56H,3-11,13,15-22,24-25,27-33,35-37,39-40,42-44,46-49H2,1-2H3,(H,54,57)/b14-12-,26-23-,38-34-,45-41+. The van der Waals surface area contributed by atoms with Crippen molar-refractivity contribution in [1.82, 2.24) is 5.32 Å². The molecule has 6 heteroatoms. The van der Waals surface area contributed by atoms with Gasteiger partial charge in [0.25, 0.3) is 0 Å². The normalized spacial score (nSPS) is 13.1. The molecular weight excluding hydrogens is 731 g/mol. The molecule has 0 spiro atoms. The summed E-state index contributed by atoms with van der Waals surface area (Å²) >= 11 is 0. The molecule has 2 unspecified atom stereocenters. The summed E-state index contributed by atoms with van der Waals surface area (Å²) in [5.41, 5.74) is 0. The number of esters is 1. The van der Waals surface area contributed by atoms with E-state index in [1.54, 1.807) is 6.08 Å². The van der Waals surface area contributed by atoms with Gasteiger partial charge in [-0.1, -0.05) is 210 Å². The van der Waals surface area contributed by atoms with Crippen molar-refractivity contribution in [3.05, 3.63) is 48.6 Å². The predicted octanol–water partition coefficient (Wildman–Crippen LogP) is 15.1. The Hall–Kier alpha value is -2.18. The molecule has 0 aromatic carbocycles. The number of aliphatic hydroxyl groups is 2. The second kappa shape index (κ2) is 48.5. The summed E-state index contributed by atoms with van der Waals surface area (Å²) in [6, 6.07) is -0.672. The van der Waals surface area contributed by atoms with Gasteiger partial charge in [-0.05, 0) is 77.0 Å². The van der Waals surface area contributed by atoms with Crippen molar-refractivity contribution in [3.63, 3.8) is 0 Å². The zero-order valence-electron chi connectivity index (χ0n) is 39.0. The summed E-state index contributed by atoms with van der Waals surface area (Å²) in [7, 11) is 0. The molecule has 0 bridgehead atoms. The molecule has 1 amide bonds. The number of allylic oxidation sites excluding steroid dienone is 7. The van der Waals surface area contributed by atoms with Crippen LogP contribution in [0.2, 0.25) is 0 Å². The summed E-state index contributed by atoms with van der Waals surface area (Å²) in [6.07, 6.45) is 59.8. The Balaban J connectivity index is 3.62. The molecule has 0 saturated carbocycles. The summed E-state index contributed by atoms with van der Waals surface area (Å²) in [5, 5.41) is 23.0. The van der Waals surface area contributed by atoms with Gasteiger partial charge in [-0.3, -0.25) is 9.59 Å². The van der Waals surface area contributed by atoms with E-state index in [4.69, 9.17) is 4.74 Å². The van der Waals surface area contributed by atoms with Crippen molar-refractivity contribution in [3.8, 4) is 0 Å². The highest BCUT2D eigenvalue weighted by atomic mass is 16.5. The number of nitrogens with one attached hydrogen (secondary N) is 1. The van der Waals surface area contributed by atoms with E-state index in [1.165, 1.54) is 167 Å². The Labute approximate surface area is 366 Å². The first-order valence-electron chi connectivity index (χ1n) is 25.4. The van der Waals surface area contributed by atoms with Crippen LogP contribution in [0, 0.1) is 0 Å². The second-order valence-electron chi connectivity index (χ2n) is 17.1. The number of aliphatic hydroxyl groups excluding tert-OH is 2. The van der Waals surface area contributed by atoms with Gasteiger partial charge in [0.1, 0.15) is 0 Å². The van der Waals surface area contributed by atoms with Crippen LogP contribution in [0.5, 0.6) is 0 Å². The van der Waals surface area contributed by atoms with E-state index in [-0.39, 0.29) is 18.5 Å². The lowest BCUT2D eigenvalue weighted by molar-refractivity contribution is -0.143. The summed E-state index contributed by atoms with van der Waals surface area (Å²) in [6.45, 7) is 4.80. The van der Waals surface area contributed by atoms with Gasteiger partial charge >= 0.3 is 5.97 Å². The molecule has 3 N–H and O–H groups in total. The van der Waals surface area contributed by atoms with Crippen molar-refractivity contribution < 1.29 is 24.5 Å². The third-order valence-corrected chi connectivity index (χ3v) is 11.3. The molecule has 0 rings (SSSR count). The van der Waals surface area contributed by atoms with Gasteiger partial charge in [-0.25, -0.2) is 0 Å². The van der Waals surface area contributed by atoms with Crippen LogP contribution in [0.25, 0.3) is 0 Å². The Morgan fingerprint density at radius 1 is 0.475 bits per heavy atom. The molecule has 0 aromatic heterocycles. The van der Waals surface area contributed by atoms with Crippen LogP contribution in [-0.4, -0.2) is 47.4 Å². The van der Waals surface area contributed by atoms with E-state index in [0.29, 0.717) is 25.9 Å². The van der Waals surface area contributed by atoms with Gasteiger partial charge in [0, 0.05) is 12.8 Å². The van der Waals surface area contributed by atoms with Crippen molar-refractivity contribution in [2.45, 2.75) is 264 Å². The minimum atomic E-state index is -0.880. The molecule has 59 heavy (non-hydrogen) atoms. The van der Waals surface area contributed by atoms with E-state index in [2.05, 4.69) is 49.5 Å². The molecule has 2 atom stereocenters. The van der Waals surface area contributed by atoms with Crippen LogP contribution >= 0.6 is 0 Å². The highest BCUT2D eigenvalue weighted by molar-refractivity contribution is 5.76. The highest BCUT2D eigenvalue weighted by Gasteiger charge is 2.17. The largest absolute Gasteiger partial charge is 0.466 e. The first-order chi connectivity index (χ1) is 29.0. The average Bonchev–Trinajstić information content (AvgIpc) is 3.24. The Morgan fingerprint density at radius 2 is 0.864 bits per heavy atom. The van der Waals surface area contributed by atoms with E-state index in [9.17, 15) is 19.8 Å². The minimum absolute atomic E-state index is 0.0294. The number of carbonyl (C=O) groups is 2. The molecule has 0 aliphatic heterocycles. The molecule has 0 aliphatic rings. The molecular formula is C53H97NO5. The minimum Gasteiger partial charge on any atom is -0.466 e. The van der Waals surface area contributed by atoms with E-state index in [1.807, 2.05) is 12.2 Å². The average molecular weight is 828 g/mol. The smallest absolute Gasteiger partial charge is 0.305 e. The molecule has 0 heterocycles. The lowest BCUT2D eigenvalue weighted by atomic mass is 10.0. The zero-order chi connectivity index (χ0) is 43.0. The van der Waals surface area contributed by atoms with Crippen molar-refractivity contribution in [2.24, 2.45) is 0 Å². The number of rotatable bonds is 46. The van der Waals surface area contributed by atoms with Crippen LogP contribution in [-0.2, 0) is 14.3 Å². The van der Waals surface area contributed by atoms with Crippen LogP contribution < -0.4 is 5.32 Å². The monoisotopic (exact) mass is 828 g/mol. The number of amides is 1. The lowest BCUT2D eigenvalue weighted by Crippen LogP contribution is -2.45. The van der Waals surface area contributed by atoms with Crippen LogP contribution in [0.4, 0.5) is 0 Å². The predicted molar refractivity (Wildman–Crippen MR) is 255 cm³/mol. The van der Waals surface area contributed by atoms with Crippen LogP contribution in [0.1, 0.15) is 251 Å². The Morgan fingerprint density at radius 3 is 1.37 bits per heavy atom. The van der Waals surface area contributed by atoms with E-state index >= 15 is 0 Å². The lowest BCUT2D eigenvalue weighted by Gasteiger charge is -2.19. The Bertz CT molecular complexity index is 1000. The topological polar surface area (TPSA) is 95.9 Å². The molecule has 0 fully saturated rings. The van der Waals surface area contributed by atoms with Crippen LogP contribution in [0.3, 0.4) is 0 Å². The van der Waals surface area contributed by atoms with Gasteiger partial charge < -0.3 is 20.3 Å². The number of unbranched alkanes of at least 4 members (excludes halogenated alkanes) is 29. The number of hydrogen-bond acceptors (Lipinski definition) is 5. The summed E-state index contributed by atoms with van der Waals surface area (Å²) < 4.78 is 5.43. The fraction of sp³-hybridized carbons (Fsp3) is 0.811. The third kappa shape index (κ3) is 45.2. The SMILES string of the molecule is CCCCC/C=C\CCCCCCCC(=O)OCCCCCCCC/C=C\C/C=C\CCC(=O)NC(CO)C(O)/C=C/CCCCCCCCCCCCCCCCC. The maximum absolute atomic E-state index is 12.4. The number of hydrogen-bond donors (Lipinski definition) is 3. The molecule has 0 radical (unpaired) electrons. The fourth-order valence-corrected chi connectivity index (χ4v) is 7.38. The fourth-order valence-electron chi connectivity index (χ4n) is 7.38. The van der Waals surface area contributed by atoms with Gasteiger partial charge in [0.2, 0.25) is 5.91 Å². The Kier molecular flexibility index (Phi) is 46.7. The third-order valence-electron chi connectivity index (χ3n) is 11.3. The summed E-state index contributed by atoms with van der Waals surface area (Å²) in [4.78, 5) is 24.4. The van der Waals surface area contributed by atoms with E-state index < -0.39 is 12.1 Å². The van der Waals surface area contributed by atoms with Gasteiger partial charge in [-0.2, -0.15) is 0 Å².